The number of unbranched alkanes of at least 4 members (excludes halogenated alkanes) is 3. The van der Waals surface area contributed by atoms with Gasteiger partial charge in [-0.05, 0) is 36.7 Å². The molecule has 80 valence electrons. The maximum Gasteiger partial charge on any atom is 0.0431 e. The van der Waals surface area contributed by atoms with E-state index in [-0.39, 0.29) is 0 Å². The van der Waals surface area contributed by atoms with Crippen molar-refractivity contribution in [3.05, 3.63) is 0 Å². The maximum absolute atomic E-state index is 8.56. The summed E-state index contributed by atoms with van der Waals surface area (Å²) >= 11 is 2.08. The van der Waals surface area contributed by atoms with E-state index in [4.69, 9.17) is 5.11 Å². The normalized spacial score (nSPS) is 11.1. The molecule has 0 rings (SSSR count). The molecule has 0 atom stereocenters. The second-order valence-electron chi connectivity index (χ2n) is 3.93. The Bertz CT molecular complexity index is 94.1. The third-order valence-electron chi connectivity index (χ3n) is 2.04. The van der Waals surface area contributed by atoms with E-state index in [1.165, 1.54) is 37.2 Å². The average Bonchev–Trinajstić information content (AvgIpc) is 2.09. The average molecular weight is 204 g/mol. The summed E-state index contributed by atoms with van der Waals surface area (Å²) < 4.78 is 0. The molecular weight excluding hydrogens is 180 g/mol. The van der Waals surface area contributed by atoms with Crippen molar-refractivity contribution in [2.24, 2.45) is 5.92 Å². The molecule has 1 nitrogen and oxygen atoms in total. The van der Waals surface area contributed by atoms with Gasteiger partial charge in [0.2, 0.25) is 0 Å². The smallest absolute Gasteiger partial charge is 0.0431 e. The summed E-state index contributed by atoms with van der Waals surface area (Å²) in [5, 5.41) is 8.56. The standard InChI is InChI=1S/C11H24OS/c1-11(2)7-10-13-9-6-4-3-5-8-12/h11-12H,3-10H2,1-2H3. The van der Waals surface area contributed by atoms with Gasteiger partial charge >= 0.3 is 0 Å². The van der Waals surface area contributed by atoms with E-state index in [9.17, 15) is 0 Å². The minimum absolute atomic E-state index is 0.362. The minimum atomic E-state index is 0.362. The molecule has 0 aliphatic carbocycles. The quantitative estimate of drug-likeness (QED) is 0.581. The Labute approximate surface area is 87.3 Å². The summed E-state index contributed by atoms with van der Waals surface area (Å²) in [6.45, 7) is 4.92. The zero-order valence-corrected chi connectivity index (χ0v) is 9.91. The lowest BCUT2D eigenvalue weighted by atomic mass is 10.2. The highest BCUT2D eigenvalue weighted by molar-refractivity contribution is 7.99. The van der Waals surface area contributed by atoms with Crippen molar-refractivity contribution in [1.29, 1.82) is 0 Å². The summed E-state index contributed by atoms with van der Waals surface area (Å²) in [7, 11) is 0. The molecular formula is C11H24OS. The third kappa shape index (κ3) is 12.3. The van der Waals surface area contributed by atoms with Gasteiger partial charge in [-0.1, -0.05) is 26.7 Å². The van der Waals surface area contributed by atoms with Crippen LogP contribution in [-0.4, -0.2) is 23.2 Å². The lowest BCUT2D eigenvalue weighted by Crippen LogP contribution is -1.91. The van der Waals surface area contributed by atoms with E-state index in [0.29, 0.717) is 6.61 Å². The van der Waals surface area contributed by atoms with Gasteiger partial charge in [-0.15, -0.1) is 0 Å². The van der Waals surface area contributed by atoms with Crippen LogP contribution in [0.2, 0.25) is 0 Å². The first kappa shape index (κ1) is 13.3. The second-order valence-corrected chi connectivity index (χ2v) is 5.16. The monoisotopic (exact) mass is 204 g/mol. The highest BCUT2D eigenvalue weighted by Gasteiger charge is 1.94. The SMILES string of the molecule is CC(C)CCSCCCCCCO. The Hall–Kier alpha value is 0.310. The number of hydrogen-bond acceptors (Lipinski definition) is 2. The van der Waals surface area contributed by atoms with Crippen molar-refractivity contribution < 1.29 is 5.11 Å². The lowest BCUT2D eigenvalue weighted by molar-refractivity contribution is 0.283. The number of rotatable bonds is 9. The Morgan fingerprint density at radius 3 is 2.31 bits per heavy atom. The van der Waals surface area contributed by atoms with Gasteiger partial charge in [0.15, 0.2) is 0 Å². The summed E-state index contributed by atoms with van der Waals surface area (Å²) in [5.74, 6) is 3.47. The zero-order valence-electron chi connectivity index (χ0n) is 9.09. The van der Waals surface area contributed by atoms with Crippen LogP contribution in [0.5, 0.6) is 0 Å². The van der Waals surface area contributed by atoms with E-state index in [0.717, 1.165) is 12.3 Å². The first-order valence-electron chi connectivity index (χ1n) is 5.46. The number of aliphatic hydroxyl groups is 1. The van der Waals surface area contributed by atoms with Crippen molar-refractivity contribution in [2.45, 2.75) is 46.0 Å². The molecule has 13 heavy (non-hydrogen) atoms. The van der Waals surface area contributed by atoms with Crippen LogP contribution in [0, 0.1) is 5.92 Å². The molecule has 0 spiro atoms. The fourth-order valence-corrected chi connectivity index (χ4v) is 2.34. The molecule has 0 radical (unpaired) electrons. The van der Waals surface area contributed by atoms with Crippen molar-refractivity contribution in [1.82, 2.24) is 0 Å². The van der Waals surface area contributed by atoms with E-state index in [2.05, 4.69) is 25.6 Å². The predicted molar refractivity (Wildman–Crippen MR) is 62.3 cm³/mol. The predicted octanol–water partition coefficient (Wildman–Crippen LogP) is 3.32. The maximum atomic E-state index is 8.56. The molecule has 0 aromatic carbocycles. The van der Waals surface area contributed by atoms with Gasteiger partial charge in [-0.2, -0.15) is 11.8 Å². The number of aliphatic hydroxyl groups excluding tert-OH is 1. The van der Waals surface area contributed by atoms with E-state index in [1.54, 1.807) is 0 Å². The Morgan fingerprint density at radius 2 is 1.69 bits per heavy atom. The molecule has 0 fully saturated rings. The fraction of sp³-hybridized carbons (Fsp3) is 1.00. The van der Waals surface area contributed by atoms with E-state index < -0.39 is 0 Å². The molecule has 0 unspecified atom stereocenters. The van der Waals surface area contributed by atoms with Gasteiger partial charge in [0, 0.05) is 6.61 Å². The van der Waals surface area contributed by atoms with Crippen LogP contribution in [0.4, 0.5) is 0 Å². The van der Waals surface area contributed by atoms with Crippen LogP contribution in [0.25, 0.3) is 0 Å². The van der Waals surface area contributed by atoms with Crippen molar-refractivity contribution in [3.63, 3.8) is 0 Å². The molecule has 2 heteroatoms. The van der Waals surface area contributed by atoms with E-state index >= 15 is 0 Å². The van der Waals surface area contributed by atoms with E-state index in [1.807, 2.05) is 0 Å². The van der Waals surface area contributed by atoms with Crippen LogP contribution in [-0.2, 0) is 0 Å². The molecule has 0 bridgehead atoms. The van der Waals surface area contributed by atoms with Crippen molar-refractivity contribution in [2.75, 3.05) is 18.1 Å². The van der Waals surface area contributed by atoms with Crippen LogP contribution in [0.15, 0.2) is 0 Å². The highest BCUT2D eigenvalue weighted by atomic mass is 32.2. The van der Waals surface area contributed by atoms with Gasteiger partial charge in [-0.25, -0.2) is 0 Å². The Kier molecular flexibility index (Phi) is 10.6. The molecule has 0 heterocycles. The van der Waals surface area contributed by atoms with Gasteiger partial charge in [0.1, 0.15) is 0 Å². The van der Waals surface area contributed by atoms with Crippen molar-refractivity contribution >= 4 is 11.8 Å². The first-order chi connectivity index (χ1) is 6.27. The van der Waals surface area contributed by atoms with Crippen LogP contribution < -0.4 is 0 Å². The highest BCUT2D eigenvalue weighted by Crippen LogP contribution is 2.11. The Morgan fingerprint density at radius 1 is 1.00 bits per heavy atom. The van der Waals surface area contributed by atoms with Crippen LogP contribution in [0.3, 0.4) is 0 Å². The molecule has 0 aromatic heterocycles. The second kappa shape index (κ2) is 10.4. The number of thioether (sulfide) groups is 1. The largest absolute Gasteiger partial charge is 0.396 e. The fourth-order valence-electron chi connectivity index (χ4n) is 1.09. The lowest BCUT2D eigenvalue weighted by Gasteiger charge is -2.03. The van der Waals surface area contributed by atoms with Crippen LogP contribution in [0.1, 0.15) is 46.0 Å². The van der Waals surface area contributed by atoms with Gasteiger partial charge in [-0.3, -0.25) is 0 Å². The van der Waals surface area contributed by atoms with Gasteiger partial charge < -0.3 is 5.11 Å². The minimum Gasteiger partial charge on any atom is -0.396 e. The molecule has 0 aromatic rings. The third-order valence-corrected chi connectivity index (χ3v) is 3.14. The molecule has 0 amide bonds. The van der Waals surface area contributed by atoms with Gasteiger partial charge in [0.25, 0.3) is 0 Å². The summed E-state index contributed by atoms with van der Waals surface area (Å²) in [6.07, 6.45) is 6.14. The van der Waals surface area contributed by atoms with Crippen molar-refractivity contribution in [3.8, 4) is 0 Å². The molecule has 0 aliphatic rings. The zero-order chi connectivity index (χ0) is 9.94. The molecule has 0 saturated carbocycles. The van der Waals surface area contributed by atoms with Crippen LogP contribution >= 0.6 is 11.8 Å². The Balaban J connectivity index is 2.84. The molecule has 1 N–H and O–H groups in total. The molecule has 0 saturated heterocycles. The summed E-state index contributed by atoms with van der Waals surface area (Å²) in [6, 6.07) is 0. The van der Waals surface area contributed by atoms with Gasteiger partial charge in [0.05, 0.1) is 0 Å². The number of hydrogen-bond donors (Lipinski definition) is 1. The first-order valence-corrected chi connectivity index (χ1v) is 6.61. The summed E-state index contributed by atoms with van der Waals surface area (Å²) in [5.41, 5.74) is 0. The molecule has 0 aliphatic heterocycles. The topological polar surface area (TPSA) is 20.2 Å². The summed E-state index contributed by atoms with van der Waals surface area (Å²) in [4.78, 5) is 0.